The Kier molecular flexibility index (Phi) is 4.28. The highest BCUT2D eigenvalue weighted by atomic mass is 32.1. The summed E-state index contributed by atoms with van der Waals surface area (Å²) in [6.45, 7) is 2.49. The minimum atomic E-state index is -0.402. The maximum atomic E-state index is 11.5. The molecule has 0 unspecified atom stereocenters. The number of carbonyl (C=O) groups excluding carboxylic acids is 1. The smallest absolute Gasteiger partial charge is 0.236 e. The van der Waals surface area contributed by atoms with Crippen molar-refractivity contribution in [1.82, 2.24) is 10.3 Å². The van der Waals surface area contributed by atoms with Gasteiger partial charge in [0.05, 0.1) is 21.3 Å². The second kappa shape index (κ2) is 5.93. The third kappa shape index (κ3) is 3.05. The maximum absolute atomic E-state index is 11.5. The monoisotopic (exact) mass is 263 g/mol. The Bertz CT molecular complexity index is 505. The van der Waals surface area contributed by atoms with E-state index in [2.05, 4.69) is 16.4 Å². The average molecular weight is 263 g/mol. The van der Waals surface area contributed by atoms with Crippen LogP contribution in [0, 0.1) is 0 Å². The Morgan fingerprint density at radius 1 is 1.50 bits per heavy atom. The molecule has 2 aromatic rings. The first-order chi connectivity index (χ1) is 8.70. The lowest BCUT2D eigenvalue weighted by Gasteiger charge is -2.08. The van der Waals surface area contributed by atoms with Crippen molar-refractivity contribution in [1.29, 1.82) is 0 Å². The van der Waals surface area contributed by atoms with Crippen molar-refractivity contribution in [3.8, 4) is 0 Å². The van der Waals surface area contributed by atoms with Gasteiger partial charge in [-0.1, -0.05) is 19.1 Å². The Hall–Kier alpha value is -1.46. The van der Waals surface area contributed by atoms with Gasteiger partial charge in [-0.05, 0) is 18.6 Å². The lowest BCUT2D eigenvalue weighted by molar-refractivity contribution is -0.122. The summed E-state index contributed by atoms with van der Waals surface area (Å²) in [7, 11) is 0. The van der Waals surface area contributed by atoms with E-state index in [0.717, 1.165) is 16.9 Å². The number of hydrogen-bond donors (Lipinski definition) is 2. The minimum absolute atomic E-state index is 0.0846. The molecule has 0 saturated carbocycles. The average Bonchev–Trinajstić information content (AvgIpc) is 2.80. The van der Waals surface area contributed by atoms with Gasteiger partial charge in [0.2, 0.25) is 5.91 Å². The molecule has 0 spiro atoms. The van der Waals surface area contributed by atoms with Crippen LogP contribution in [-0.2, 0) is 11.2 Å². The summed E-state index contributed by atoms with van der Waals surface area (Å²) in [6, 6.07) is 7.64. The molecule has 0 bridgehead atoms. The fraction of sp³-hybridized carbons (Fsp3) is 0.385. The van der Waals surface area contributed by atoms with E-state index in [1.165, 1.54) is 4.70 Å². The van der Waals surface area contributed by atoms with E-state index in [-0.39, 0.29) is 5.91 Å². The molecule has 1 amide bonds. The van der Waals surface area contributed by atoms with Gasteiger partial charge in [-0.3, -0.25) is 4.79 Å². The third-order valence-corrected chi connectivity index (χ3v) is 3.85. The van der Waals surface area contributed by atoms with Crippen LogP contribution in [0.3, 0.4) is 0 Å². The summed E-state index contributed by atoms with van der Waals surface area (Å²) in [6.07, 6.45) is 1.41. The number of nitrogens with zero attached hydrogens (tertiary/aromatic N) is 1. The molecule has 0 saturated heterocycles. The van der Waals surface area contributed by atoms with Crippen molar-refractivity contribution in [2.75, 3.05) is 6.54 Å². The second-order valence-corrected chi connectivity index (χ2v) is 5.25. The van der Waals surface area contributed by atoms with Crippen LogP contribution in [0.2, 0.25) is 0 Å². The highest BCUT2D eigenvalue weighted by molar-refractivity contribution is 7.18. The predicted octanol–water partition coefficient (Wildman–Crippen LogP) is 1.69. The molecule has 96 valence electrons. The molecule has 18 heavy (non-hydrogen) atoms. The van der Waals surface area contributed by atoms with Gasteiger partial charge in [-0.25, -0.2) is 4.98 Å². The zero-order chi connectivity index (χ0) is 13.0. The number of thiazole rings is 1. The number of amides is 1. The van der Waals surface area contributed by atoms with Crippen LogP contribution in [0.4, 0.5) is 0 Å². The Morgan fingerprint density at radius 3 is 3.00 bits per heavy atom. The molecular weight excluding hydrogens is 246 g/mol. The summed E-state index contributed by atoms with van der Waals surface area (Å²) >= 11 is 1.67. The molecule has 3 N–H and O–H groups in total. The molecule has 0 aliphatic rings. The number of para-hydroxylation sites is 1. The summed E-state index contributed by atoms with van der Waals surface area (Å²) in [5.74, 6) is -0.0846. The quantitative estimate of drug-likeness (QED) is 0.862. The van der Waals surface area contributed by atoms with Gasteiger partial charge in [0.15, 0.2) is 0 Å². The number of rotatable bonds is 5. The fourth-order valence-electron chi connectivity index (χ4n) is 1.64. The largest absolute Gasteiger partial charge is 0.354 e. The molecular formula is C13H17N3OS. The first-order valence-electron chi connectivity index (χ1n) is 6.08. The summed E-state index contributed by atoms with van der Waals surface area (Å²) in [5, 5.41) is 3.87. The Morgan fingerprint density at radius 2 is 2.28 bits per heavy atom. The van der Waals surface area contributed by atoms with Crippen molar-refractivity contribution < 1.29 is 4.79 Å². The molecule has 0 aliphatic heterocycles. The van der Waals surface area contributed by atoms with Gasteiger partial charge in [0, 0.05) is 13.0 Å². The number of carbonyl (C=O) groups is 1. The molecule has 1 atom stereocenters. The van der Waals surface area contributed by atoms with Crippen molar-refractivity contribution >= 4 is 27.5 Å². The van der Waals surface area contributed by atoms with E-state index < -0.39 is 6.04 Å². The van der Waals surface area contributed by atoms with Crippen LogP contribution in [0.25, 0.3) is 10.2 Å². The van der Waals surface area contributed by atoms with E-state index in [0.29, 0.717) is 13.0 Å². The lowest BCUT2D eigenvalue weighted by atomic mass is 10.2. The highest BCUT2D eigenvalue weighted by Crippen LogP contribution is 2.21. The van der Waals surface area contributed by atoms with Gasteiger partial charge in [0.1, 0.15) is 0 Å². The summed E-state index contributed by atoms with van der Waals surface area (Å²) < 4.78 is 1.18. The third-order valence-electron chi connectivity index (χ3n) is 2.75. The molecule has 0 radical (unpaired) electrons. The standard InChI is InChI=1S/C13H17N3OS/c1-2-9(14)13(17)15-8-7-12-16-10-5-3-4-6-11(10)18-12/h3-6,9H,2,7-8,14H2,1H3,(H,15,17)/t9-/m0/s1. The number of nitrogens with two attached hydrogens (primary N) is 1. The van der Waals surface area contributed by atoms with Crippen molar-refractivity contribution in [2.24, 2.45) is 5.73 Å². The van der Waals surface area contributed by atoms with Crippen molar-refractivity contribution in [2.45, 2.75) is 25.8 Å². The molecule has 1 aromatic heterocycles. The van der Waals surface area contributed by atoms with Crippen LogP contribution in [0.15, 0.2) is 24.3 Å². The zero-order valence-electron chi connectivity index (χ0n) is 10.3. The van der Waals surface area contributed by atoms with E-state index in [9.17, 15) is 4.79 Å². The summed E-state index contributed by atoms with van der Waals surface area (Å²) in [4.78, 5) is 16.0. The molecule has 0 aliphatic carbocycles. The zero-order valence-corrected chi connectivity index (χ0v) is 11.2. The number of aromatic nitrogens is 1. The second-order valence-electron chi connectivity index (χ2n) is 4.13. The topological polar surface area (TPSA) is 68.0 Å². The molecule has 0 fully saturated rings. The lowest BCUT2D eigenvalue weighted by Crippen LogP contribution is -2.40. The maximum Gasteiger partial charge on any atom is 0.236 e. The molecule has 1 heterocycles. The molecule has 2 rings (SSSR count). The van der Waals surface area contributed by atoms with E-state index in [4.69, 9.17) is 5.73 Å². The number of nitrogens with one attached hydrogen (secondary N) is 1. The number of fused-ring (bicyclic) bond motifs is 1. The van der Waals surface area contributed by atoms with Gasteiger partial charge < -0.3 is 11.1 Å². The van der Waals surface area contributed by atoms with E-state index >= 15 is 0 Å². The number of benzene rings is 1. The minimum Gasteiger partial charge on any atom is -0.354 e. The molecule has 5 heteroatoms. The van der Waals surface area contributed by atoms with Crippen molar-refractivity contribution in [3.63, 3.8) is 0 Å². The van der Waals surface area contributed by atoms with E-state index in [1.54, 1.807) is 11.3 Å². The van der Waals surface area contributed by atoms with Crippen LogP contribution < -0.4 is 11.1 Å². The van der Waals surface area contributed by atoms with Gasteiger partial charge >= 0.3 is 0 Å². The fourth-order valence-corrected chi connectivity index (χ4v) is 2.60. The van der Waals surface area contributed by atoms with Crippen LogP contribution >= 0.6 is 11.3 Å². The van der Waals surface area contributed by atoms with Gasteiger partial charge in [-0.15, -0.1) is 11.3 Å². The highest BCUT2D eigenvalue weighted by Gasteiger charge is 2.10. The first kappa shape index (κ1) is 13.0. The molecule has 4 nitrogen and oxygen atoms in total. The predicted molar refractivity (Wildman–Crippen MR) is 74.6 cm³/mol. The normalized spacial score (nSPS) is 12.6. The van der Waals surface area contributed by atoms with Crippen molar-refractivity contribution in [3.05, 3.63) is 29.3 Å². The molecule has 1 aromatic carbocycles. The van der Waals surface area contributed by atoms with Crippen LogP contribution in [-0.4, -0.2) is 23.5 Å². The Balaban J connectivity index is 1.89. The van der Waals surface area contributed by atoms with Gasteiger partial charge in [-0.2, -0.15) is 0 Å². The van der Waals surface area contributed by atoms with E-state index in [1.807, 2.05) is 25.1 Å². The summed E-state index contributed by atoms with van der Waals surface area (Å²) in [5.41, 5.74) is 6.65. The number of hydrogen-bond acceptors (Lipinski definition) is 4. The van der Waals surface area contributed by atoms with Gasteiger partial charge in [0.25, 0.3) is 0 Å². The SMILES string of the molecule is CC[C@H](N)C(=O)NCCc1nc2ccccc2s1. The first-order valence-corrected chi connectivity index (χ1v) is 6.90. The van der Waals surface area contributed by atoms with Crippen LogP contribution in [0.1, 0.15) is 18.4 Å². The Labute approximate surface area is 110 Å². The van der Waals surface area contributed by atoms with Crippen LogP contribution in [0.5, 0.6) is 0 Å².